The van der Waals surface area contributed by atoms with Crippen molar-refractivity contribution in [2.24, 2.45) is 0 Å². The maximum Gasteiger partial charge on any atom is 0.146 e. The second-order valence-corrected chi connectivity index (χ2v) is 5.76. The molecule has 0 spiro atoms. The maximum absolute atomic E-state index is 5.41. The highest BCUT2D eigenvalue weighted by atomic mass is 79.9. The minimum Gasteiger partial charge on any atom is -0.496 e. The van der Waals surface area contributed by atoms with Crippen LogP contribution in [0.3, 0.4) is 0 Å². The van der Waals surface area contributed by atoms with Crippen LogP contribution in [0.25, 0.3) is 5.52 Å². The molecule has 0 aliphatic heterocycles. The van der Waals surface area contributed by atoms with Crippen molar-refractivity contribution < 1.29 is 4.74 Å². The Bertz CT molecular complexity index is 811. The number of halogens is 1. The van der Waals surface area contributed by atoms with Crippen molar-refractivity contribution in [3.63, 3.8) is 0 Å². The number of aryl methyl sites for hydroxylation is 1. The fourth-order valence-corrected chi connectivity index (χ4v) is 2.84. The van der Waals surface area contributed by atoms with Crippen molar-refractivity contribution >= 4 is 33.0 Å². The zero-order valence-corrected chi connectivity index (χ0v) is 13.7. The molecule has 0 aliphatic carbocycles. The number of hydrogen-bond donors (Lipinski definition) is 1. The van der Waals surface area contributed by atoms with E-state index in [2.05, 4.69) is 33.3 Å². The number of rotatable bonds is 3. The maximum atomic E-state index is 5.41. The summed E-state index contributed by atoms with van der Waals surface area (Å²) in [6.07, 6.45) is 1.79. The van der Waals surface area contributed by atoms with E-state index in [9.17, 15) is 0 Å². The number of pyridine rings is 1. The van der Waals surface area contributed by atoms with E-state index in [4.69, 9.17) is 4.74 Å². The van der Waals surface area contributed by atoms with Gasteiger partial charge in [-0.05, 0) is 59.6 Å². The molecule has 0 unspecified atom stereocenters. The summed E-state index contributed by atoms with van der Waals surface area (Å²) in [5.41, 5.74) is 4.31. The van der Waals surface area contributed by atoms with Gasteiger partial charge in [0.25, 0.3) is 0 Å². The van der Waals surface area contributed by atoms with Crippen molar-refractivity contribution in [2.75, 3.05) is 12.4 Å². The Kier molecular flexibility index (Phi) is 3.59. The fraction of sp³-hybridized carbons (Fsp3) is 0.188. The molecule has 1 N–H and O–H groups in total. The number of benzene rings is 1. The summed E-state index contributed by atoms with van der Waals surface area (Å²) >= 11 is 3.59. The zero-order valence-electron chi connectivity index (χ0n) is 12.1. The molecule has 0 atom stereocenters. The molecule has 3 aromatic rings. The number of anilines is 2. The molecular weight excluding hydrogens is 330 g/mol. The lowest BCUT2D eigenvalue weighted by Gasteiger charge is -2.17. The van der Waals surface area contributed by atoms with Gasteiger partial charge in [-0.2, -0.15) is 5.10 Å². The molecule has 4 nitrogen and oxygen atoms in total. The van der Waals surface area contributed by atoms with Crippen LogP contribution in [-0.2, 0) is 0 Å². The van der Waals surface area contributed by atoms with E-state index in [0.29, 0.717) is 0 Å². The van der Waals surface area contributed by atoms with Crippen LogP contribution in [0.1, 0.15) is 11.1 Å². The fourth-order valence-electron chi connectivity index (χ4n) is 2.44. The van der Waals surface area contributed by atoms with Gasteiger partial charge in [0.1, 0.15) is 11.6 Å². The molecule has 2 heterocycles. The van der Waals surface area contributed by atoms with E-state index in [1.165, 1.54) is 0 Å². The van der Waals surface area contributed by atoms with Crippen LogP contribution in [0, 0.1) is 13.8 Å². The van der Waals surface area contributed by atoms with Crippen LogP contribution in [0.15, 0.2) is 41.0 Å². The molecule has 5 heteroatoms. The van der Waals surface area contributed by atoms with Crippen molar-refractivity contribution in [3.8, 4) is 5.75 Å². The second-order valence-electron chi connectivity index (χ2n) is 4.91. The van der Waals surface area contributed by atoms with E-state index in [1.807, 2.05) is 41.8 Å². The van der Waals surface area contributed by atoms with Gasteiger partial charge in [-0.25, -0.2) is 4.52 Å². The smallest absolute Gasteiger partial charge is 0.146 e. The topological polar surface area (TPSA) is 38.6 Å². The Morgan fingerprint density at radius 3 is 2.71 bits per heavy atom. The normalized spacial score (nSPS) is 10.9. The van der Waals surface area contributed by atoms with Gasteiger partial charge in [0.2, 0.25) is 0 Å². The molecule has 0 fully saturated rings. The van der Waals surface area contributed by atoms with Crippen LogP contribution >= 0.6 is 15.9 Å². The van der Waals surface area contributed by atoms with Gasteiger partial charge in [-0.3, -0.25) is 0 Å². The Balaban J connectivity index is 2.15. The molecule has 0 radical (unpaired) electrons. The number of nitrogens with zero attached hydrogens (tertiary/aromatic N) is 2. The average molecular weight is 346 g/mol. The molecule has 0 aliphatic rings. The lowest BCUT2D eigenvalue weighted by atomic mass is 10.1. The van der Waals surface area contributed by atoms with Crippen LogP contribution in [0.5, 0.6) is 5.75 Å². The van der Waals surface area contributed by atoms with E-state index in [-0.39, 0.29) is 0 Å². The highest BCUT2D eigenvalue weighted by molar-refractivity contribution is 9.10. The Morgan fingerprint density at radius 2 is 1.95 bits per heavy atom. The number of aromatic nitrogens is 2. The van der Waals surface area contributed by atoms with E-state index < -0.39 is 0 Å². The van der Waals surface area contributed by atoms with E-state index >= 15 is 0 Å². The summed E-state index contributed by atoms with van der Waals surface area (Å²) in [5, 5.41) is 7.86. The molecule has 108 valence electrons. The van der Waals surface area contributed by atoms with Gasteiger partial charge >= 0.3 is 0 Å². The van der Waals surface area contributed by atoms with Gasteiger partial charge in [-0.1, -0.05) is 6.07 Å². The molecule has 2 aromatic heterocycles. The summed E-state index contributed by atoms with van der Waals surface area (Å²) in [7, 11) is 1.69. The summed E-state index contributed by atoms with van der Waals surface area (Å²) in [4.78, 5) is 0. The molecule has 21 heavy (non-hydrogen) atoms. The standard InChI is InChI=1S/C16H16BrN3O/c1-10-4-7-14(21-3)11(2)15(10)19-16-13(17)6-5-12-8-9-18-20(12)16/h4-9,19H,1-3H3. The summed E-state index contributed by atoms with van der Waals surface area (Å²) < 4.78 is 8.24. The van der Waals surface area contributed by atoms with Gasteiger partial charge in [0.15, 0.2) is 0 Å². The summed E-state index contributed by atoms with van der Waals surface area (Å²) in [5.74, 6) is 1.77. The number of ether oxygens (including phenoxy) is 1. The van der Waals surface area contributed by atoms with E-state index in [0.717, 1.165) is 38.4 Å². The predicted molar refractivity (Wildman–Crippen MR) is 88.6 cm³/mol. The minimum atomic E-state index is 0.867. The average Bonchev–Trinajstić information content (AvgIpc) is 2.94. The molecule has 3 rings (SSSR count). The van der Waals surface area contributed by atoms with Gasteiger partial charge in [0.05, 0.1) is 23.3 Å². The predicted octanol–water partition coefficient (Wildman–Crippen LogP) is 4.47. The van der Waals surface area contributed by atoms with Crippen LogP contribution in [0.2, 0.25) is 0 Å². The Hall–Kier alpha value is -2.01. The van der Waals surface area contributed by atoms with Crippen LogP contribution in [-0.4, -0.2) is 16.7 Å². The largest absolute Gasteiger partial charge is 0.496 e. The van der Waals surface area contributed by atoms with Crippen molar-refractivity contribution in [1.82, 2.24) is 9.61 Å². The number of methoxy groups -OCH3 is 1. The second kappa shape index (κ2) is 5.41. The molecule has 0 saturated heterocycles. The Labute approximate surface area is 131 Å². The molecule has 0 saturated carbocycles. The highest BCUT2D eigenvalue weighted by Crippen LogP contribution is 2.33. The van der Waals surface area contributed by atoms with Crippen LogP contribution < -0.4 is 10.1 Å². The summed E-state index contributed by atoms with van der Waals surface area (Å²) in [6.45, 7) is 4.12. The zero-order chi connectivity index (χ0) is 15.0. The van der Waals surface area contributed by atoms with Gasteiger partial charge in [-0.15, -0.1) is 0 Å². The van der Waals surface area contributed by atoms with E-state index in [1.54, 1.807) is 13.3 Å². The number of nitrogens with one attached hydrogen (secondary N) is 1. The SMILES string of the molecule is COc1ccc(C)c(Nc2c(Br)ccc3ccnn23)c1C. The monoisotopic (exact) mass is 345 g/mol. The first-order chi connectivity index (χ1) is 10.1. The van der Waals surface area contributed by atoms with Crippen molar-refractivity contribution in [1.29, 1.82) is 0 Å². The van der Waals surface area contributed by atoms with Gasteiger partial charge < -0.3 is 10.1 Å². The third-order valence-electron chi connectivity index (χ3n) is 3.60. The summed E-state index contributed by atoms with van der Waals surface area (Å²) in [6, 6.07) is 10.0. The number of hydrogen-bond acceptors (Lipinski definition) is 3. The minimum absolute atomic E-state index is 0.867. The third-order valence-corrected chi connectivity index (χ3v) is 4.24. The third kappa shape index (κ3) is 2.38. The quantitative estimate of drug-likeness (QED) is 0.761. The molecule has 0 bridgehead atoms. The Morgan fingerprint density at radius 1 is 1.14 bits per heavy atom. The number of fused-ring (bicyclic) bond motifs is 1. The van der Waals surface area contributed by atoms with Crippen LogP contribution in [0.4, 0.5) is 11.5 Å². The first kappa shape index (κ1) is 13.9. The lowest BCUT2D eigenvalue weighted by Crippen LogP contribution is -2.04. The molecular formula is C16H16BrN3O. The lowest BCUT2D eigenvalue weighted by molar-refractivity contribution is 0.412. The van der Waals surface area contributed by atoms with Crippen molar-refractivity contribution in [3.05, 3.63) is 52.1 Å². The first-order valence-corrected chi connectivity index (χ1v) is 7.44. The molecule has 0 amide bonds. The van der Waals surface area contributed by atoms with Crippen molar-refractivity contribution in [2.45, 2.75) is 13.8 Å². The van der Waals surface area contributed by atoms with Gasteiger partial charge in [0, 0.05) is 11.3 Å². The first-order valence-electron chi connectivity index (χ1n) is 6.65. The molecule has 1 aromatic carbocycles. The highest BCUT2D eigenvalue weighted by Gasteiger charge is 2.12.